The van der Waals surface area contributed by atoms with Crippen molar-refractivity contribution < 1.29 is 9.59 Å². The lowest BCUT2D eigenvalue weighted by Gasteiger charge is -2.35. The Labute approximate surface area is 254 Å². The van der Waals surface area contributed by atoms with Crippen molar-refractivity contribution in [3.63, 3.8) is 0 Å². The number of benzene rings is 3. The molecule has 0 amide bonds. The number of anilines is 2. The van der Waals surface area contributed by atoms with Gasteiger partial charge in [0.1, 0.15) is 5.82 Å². The Hall–Kier alpha value is -4.33. The fourth-order valence-electron chi connectivity index (χ4n) is 5.81. The number of ketones is 2. The van der Waals surface area contributed by atoms with Crippen LogP contribution in [-0.4, -0.2) is 92.3 Å². The molecule has 7 heteroatoms. The molecule has 6 rings (SSSR count). The highest BCUT2D eigenvalue weighted by molar-refractivity contribution is 6.07. The van der Waals surface area contributed by atoms with E-state index >= 15 is 0 Å². The Bertz CT molecular complexity index is 1610. The Balaban J connectivity index is 1.09. The highest BCUT2D eigenvalue weighted by Gasteiger charge is 2.21. The van der Waals surface area contributed by atoms with E-state index in [9.17, 15) is 9.59 Å². The van der Waals surface area contributed by atoms with Gasteiger partial charge in [0.05, 0.1) is 12.1 Å². The molecule has 0 radical (unpaired) electrons. The molecule has 0 N–H and O–H groups in total. The van der Waals surface area contributed by atoms with Crippen molar-refractivity contribution in [2.24, 2.45) is 0 Å². The number of hydrogen-bond acceptors (Lipinski definition) is 7. The highest BCUT2D eigenvalue weighted by atomic mass is 16.1. The molecule has 0 unspecified atom stereocenters. The van der Waals surface area contributed by atoms with Crippen molar-refractivity contribution in [1.29, 1.82) is 0 Å². The molecule has 2 aliphatic heterocycles. The third kappa shape index (κ3) is 6.85. The zero-order valence-corrected chi connectivity index (χ0v) is 25.1. The number of allylic oxidation sites excluding steroid dienone is 1. The Morgan fingerprint density at radius 3 is 2.14 bits per heavy atom. The van der Waals surface area contributed by atoms with Crippen molar-refractivity contribution in [2.75, 3.05) is 75.8 Å². The average molecular weight is 574 g/mol. The first kappa shape index (κ1) is 28.8. The molecule has 0 bridgehead atoms. The molecule has 220 valence electrons. The molecule has 1 aromatic heterocycles. The van der Waals surface area contributed by atoms with E-state index in [2.05, 4.69) is 38.8 Å². The van der Waals surface area contributed by atoms with Crippen molar-refractivity contribution in [3.8, 4) is 0 Å². The number of likely N-dealkylation sites (N-methyl/N-ethyl adjacent to an activating group) is 1. The number of para-hydroxylation sites is 1. The number of carbonyl (C=O) groups excluding carboxylic acids is 2. The predicted octanol–water partition coefficient (Wildman–Crippen LogP) is 5.20. The monoisotopic (exact) mass is 573 g/mol. The maximum absolute atomic E-state index is 13.2. The van der Waals surface area contributed by atoms with E-state index < -0.39 is 0 Å². The first-order valence-corrected chi connectivity index (χ1v) is 15.2. The predicted molar refractivity (Wildman–Crippen MR) is 175 cm³/mol. The molecular weight excluding hydrogens is 534 g/mol. The molecule has 4 aromatic rings. The normalized spacial score (nSPS) is 16.7. The van der Waals surface area contributed by atoms with Gasteiger partial charge in [-0.3, -0.25) is 14.5 Å². The fraction of sp³-hybridized carbons (Fsp3) is 0.306. The largest absolute Gasteiger partial charge is 0.369 e. The van der Waals surface area contributed by atoms with Gasteiger partial charge in [-0.1, -0.05) is 48.0 Å². The van der Waals surface area contributed by atoms with E-state index in [1.165, 1.54) is 0 Å². The summed E-state index contributed by atoms with van der Waals surface area (Å²) in [5.41, 5.74) is 5.63. The number of Topliss-reactive ketones (excluding diaryl/α,β-unsaturated/α-hetero) is 1. The van der Waals surface area contributed by atoms with Crippen molar-refractivity contribution in [2.45, 2.75) is 6.92 Å². The molecule has 3 aromatic carbocycles. The number of aromatic nitrogens is 1. The van der Waals surface area contributed by atoms with Gasteiger partial charge < -0.3 is 14.7 Å². The van der Waals surface area contributed by atoms with E-state index in [-0.39, 0.29) is 11.6 Å². The summed E-state index contributed by atoms with van der Waals surface area (Å²) in [6.07, 6.45) is 3.59. The molecule has 7 nitrogen and oxygen atoms in total. The average Bonchev–Trinajstić information content (AvgIpc) is 3.04. The maximum atomic E-state index is 13.2. The number of nitrogens with zero attached hydrogens (tertiary/aromatic N) is 5. The van der Waals surface area contributed by atoms with Gasteiger partial charge in [-0.05, 0) is 62.5 Å². The first-order valence-electron chi connectivity index (χ1n) is 15.2. The van der Waals surface area contributed by atoms with E-state index in [4.69, 9.17) is 4.98 Å². The number of piperazine rings is 2. The number of pyridine rings is 1. The lowest BCUT2D eigenvalue weighted by atomic mass is 10.1. The molecular formula is C36H39N5O2. The van der Waals surface area contributed by atoms with Crippen LogP contribution in [0.5, 0.6) is 0 Å². The summed E-state index contributed by atoms with van der Waals surface area (Å²) in [5.74, 6) is 1.08. The van der Waals surface area contributed by atoms with Crippen LogP contribution in [0.2, 0.25) is 0 Å². The van der Waals surface area contributed by atoms with E-state index in [0.29, 0.717) is 12.1 Å². The molecule has 2 aliphatic rings. The highest BCUT2D eigenvalue weighted by Crippen LogP contribution is 2.26. The van der Waals surface area contributed by atoms with Crippen molar-refractivity contribution in [1.82, 2.24) is 14.8 Å². The summed E-state index contributed by atoms with van der Waals surface area (Å²) in [5, 5.41) is 1.07. The van der Waals surface area contributed by atoms with Crippen LogP contribution in [0.25, 0.3) is 17.0 Å². The quantitative estimate of drug-likeness (QED) is 0.212. The number of aryl methyl sites for hydroxylation is 1. The lowest BCUT2D eigenvalue weighted by molar-refractivity contribution is 0.0926. The summed E-state index contributed by atoms with van der Waals surface area (Å²) in [6.45, 7) is 9.63. The molecule has 3 heterocycles. The van der Waals surface area contributed by atoms with Gasteiger partial charge in [-0.2, -0.15) is 0 Å². The molecule has 2 fully saturated rings. The van der Waals surface area contributed by atoms with Crippen LogP contribution in [0, 0.1) is 6.92 Å². The Kier molecular flexibility index (Phi) is 8.63. The molecule has 0 saturated carbocycles. The van der Waals surface area contributed by atoms with E-state index in [1.54, 1.807) is 6.08 Å². The van der Waals surface area contributed by atoms with Gasteiger partial charge in [-0.25, -0.2) is 4.98 Å². The number of hydrogen-bond donors (Lipinski definition) is 0. The second-order valence-electron chi connectivity index (χ2n) is 11.7. The van der Waals surface area contributed by atoms with E-state index in [1.807, 2.05) is 79.7 Å². The summed E-state index contributed by atoms with van der Waals surface area (Å²) in [7, 11) is 2.14. The first-order chi connectivity index (χ1) is 20.9. The fourth-order valence-corrected chi connectivity index (χ4v) is 5.81. The van der Waals surface area contributed by atoms with Crippen LogP contribution in [0.4, 0.5) is 11.5 Å². The van der Waals surface area contributed by atoms with Crippen LogP contribution in [-0.2, 0) is 0 Å². The van der Waals surface area contributed by atoms with Gasteiger partial charge >= 0.3 is 0 Å². The Morgan fingerprint density at radius 2 is 1.42 bits per heavy atom. The molecule has 0 atom stereocenters. The minimum atomic E-state index is -0.0246. The van der Waals surface area contributed by atoms with Gasteiger partial charge in [0, 0.05) is 80.1 Å². The van der Waals surface area contributed by atoms with Crippen LogP contribution in [0.1, 0.15) is 31.8 Å². The topological polar surface area (TPSA) is 60.0 Å². The summed E-state index contributed by atoms with van der Waals surface area (Å²) >= 11 is 0. The second kappa shape index (κ2) is 12.9. The smallest absolute Gasteiger partial charge is 0.185 e. The van der Waals surface area contributed by atoms with Crippen molar-refractivity contribution >= 4 is 40.1 Å². The van der Waals surface area contributed by atoms with E-state index in [0.717, 1.165) is 91.5 Å². The number of carbonyl (C=O) groups is 2. The minimum absolute atomic E-state index is 0.0246. The number of fused-ring (bicyclic) bond motifs is 1. The van der Waals surface area contributed by atoms with Crippen molar-refractivity contribution in [3.05, 3.63) is 107 Å². The third-order valence-electron chi connectivity index (χ3n) is 8.58. The summed E-state index contributed by atoms with van der Waals surface area (Å²) in [6, 6.07) is 26.0. The zero-order valence-electron chi connectivity index (χ0n) is 25.1. The molecule has 0 spiro atoms. The van der Waals surface area contributed by atoms with Gasteiger partial charge in [0.2, 0.25) is 0 Å². The number of rotatable bonds is 8. The van der Waals surface area contributed by atoms with Crippen LogP contribution >= 0.6 is 0 Å². The lowest BCUT2D eigenvalue weighted by Crippen LogP contribution is -2.48. The zero-order chi connectivity index (χ0) is 29.8. The van der Waals surface area contributed by atoms with Crippen LogP contribution in [0.3, 0.4) is 0 Å². The Morgan fingerprint density at radius 1 is 0.767 bits per heavy atom. The maximum Gasteiger partial charge on any atom is 0.185 e. The molecule has 2 saturated heterocycles. The van der Waals surface area contributed by atoms with Crippen LogP contribution in [0.15, 0.2) is 84.9 Å². The SMILES string of the molecule is Cc1ccc(C(=O)CN2CCN(c3ccc(C(=O)/C=C/c4cc5ccccc5nc4N4CCN(C)CC4)cc3)CC2)cc1. The summed E-state index contributed by atoms with van der Waals surface area (Å²) in [4.78, 5) is 40.1. The summed E-state index contributed by atoms with van der Waals surface area (Å²) < 4.78 is 0. The third-order valence-corrected chi connectivity index (χ3v) is 8.58. The minimum Gasteiger partial charge on any atom is -0.369 e. The van der Waals surface area contributed by atoms with Crippen LogP contribution < -0.4 is 9.80 Å². The van der Waals surface area contributed by atoms with Gasteiger partial charge in [0.15, 0.2) is 11.6 Å². The molecule has 0 aliphatic carbocycles. The van der Waals surface area contributed by atoms with Gasteiger partial charge in [-0.15, -0.1) is 0 Å². The van der Waals surface area contributed by atoms with Gasteiger partial charge in [0.25, 0.3) is 0 Å². The second-order valence-corrected chi connectivity index (χ2v) is 11.7. The molecule has 43 heavy (non-hydrogen) atoms. The standard InChI is InChI=1S/C36H39N5O2/c1-27-7-9-29(10-8-27)35(43)26-39-19-23-40(24-20-39)32-14-11-28(12-15-32)34(42)16-13-31-25-30-5-3-4-6-33(30)37-36(31)41-21-17-38(2)18-22-41/h3-16,25H,17-24,26H2,1-2H3/b16-13+.